The molecule has 0 radical (unpaired) electrons. The van der Waals surface area contributed by atoms with Crippen molar-refractivity contribution < 1.29 is 33.5 Å². The minimum atomic E-state index is -1.78. The Morgan fingerprint density at radius 1 is 1.24 bits per heavy atom. The summed E-state index contributed by atoms with van der Waals surface area (Å²) in [4.78, 5) is 33.7. The van der Waals surface area contributed by atoms with Crippen molar-refractivity contribution >= 4 is 18.0 Å². The summed E-state index contributed by atoms with van der Waals surface area (Å²) < 4.78 is 19.8. The SMILES string of the molecule is CCOC(=O)C(OC(C)=O)/C(=C/c1ccc(OC)c(OC)c1)[N+](=O)[O-]. The molecular weight excluding hydrogens is 334 g/mol. The first-order valence-corrected chi connectivity index (χ1v) is 7.25. The fraction of sp³-hybridized carbons (Fsp3) is 0.375. The molecule has 1 rings (SSSR count). The third kappa shape index (κ3) is 5.48. The molecule has 9 nitrogen and oxygen atoms in total. The Labute approximate surface area is 144 Å². The van der Waals surface area contributed by atoms with Gasteiger partial charge < -0.3 is 18.9 Å². The van der Waals surface area contributed by atoms with Gasteiger partial charge in [0.1, 0.15) is 0 Å². The van der Waals surface area contributed by atoms with Gasteiger partial charge in [-0.25, -0.2) is 4.79 Å². The molecule has 0 amide bonds. The van der Waals surface area contributed by atoms with E-state index < -0.39 is 28.7 Å². The van der Waals surface area contributed by atoms with Crippen molar-refractivity contribution in [2.24, 2.45) is 0 Å². The topological polar surface area (TPSA) is 114 Å². The van der Waals surface area contributed by atoms with Crippen molar-refractivity contribution in [3.8, 4) is 11.5 Å². The molecule has 0 saturated carbocycles. The van der Waals surface area contributed by atoms with Crippen LogP contribution in [0.3, 0.4) is 0 Å². The van der Waals surface area contributed by atoms with Crippen molar-refractivity contribution in [3.05, 3.63) is 39.6 Å². The highest BCUT2D eigenvalue weighted by Gasteiger charge is 2.36. The Balaban J connectivity index is 3.35. The van der Waals surface area contributed by atoms with E-state index in [9.17, 15) is 19.7 Å². The largest absolute Gasteiger partial charge is 0.493 e. The second-order valence-electron chi connectivity index (χ2n) is 4.68. The lowest BCUT2D eigenvalue weighted by Gasteiger charge is -2.13. The number of benzene rings is 1. The molecule has 0 heterocycles. The first kappa shape index (κ1) is 19.9. The molecule has 136 valence electrons. The average molecular weight is 353 g/mol. The summed E-state index contributed by atoms with van der Waals surface area (Å²) in [6.45, 7) is 2.56. The van der Waals surface area contributed by atoms with E-state index in [1.54, 1.807) is 6.07 Å². The highest BCUT2D eigenvalue weighted by Crippen LogP contribution is 2.29. The van der Waals surface area contributed by atoms with Crippen LogP contribution in [0.4, 0.5) is 0 Å². The van der Waals surface area contributed by atoms with Gasteiger partial charge in [-0.3, -0.25) is 14.9 Å². The predicted molar refractivity (Wildman–Crippen MR) is 86.7 cm³/mol. The molecule has 1 unspecified atom stereocenters. The fourth-order valence-electron chi connectivity index (χ4n) is 1.95. The molecule has 0 aromatic heterocycles. The molecule has 0 aliphatic rings. The highest BCUT2D eigenvalue weighted by atomic mass is 16.6. The molecule has 9 heteroatoms. The molecule has 0 aliphatic heterocycles. The average Bonchev–Trinajstić information content (AvgIpc) is 2.57. The lowest BCUT2D eigenvalue weighted by molar-refractivity contribution is -0.432. The van der Waals surface area contributed by atoms with Crippen molar-refractivity contribution in [1.82, 2.24) is 0 Å². The van der Waals surface area contributed by atoms with Gasteiger partial charge in [0, 0.05) is 13.0 Å². The van der Waals surface area contributed by atoms with Crippen molar-refractivity contribution in [3.63, 3.8) is 0 Å². The molecule has 1 atom stereocenters. The predicted octanol–water partition coefficient (Wildman–Crippen LogP) is 1.82. The van der Waals surface area contributed by atoms with E-state index in [-0.39, 0.29) is 6.61 Å². The Morgan fingerprint density at radius 3 is 2.36 bits per heavy atom. The minimum Gasteiger partial charge on any atom is -0.493 e. The van der Waals surface area contributed by atoms with Gasteiger partial charge in [0.25, 0.3) is 11.8 Å². The number of carbonyl (C=O) groups is 2. The van der Waals surface area contributed by atoms with E-state index in [0.29, 0.717) is 17.1 Å². The van der Waals surface area contributed by atoms with Crippen LogP contribution in [-0.2, 0) is 19.1 Å². The number of hydrogen-bond donors (Lipinski definition) is 0. The number of methoxy groups -OCH3 is 2. The normalized spacial score (nSPS) is 12.1. The molecule has 0 fully saturated rings. The molecule has 0 saturated heterocycles. The molecule has 0 bridgehead atoms. The smallest absolute Gasteiger partial charge is 0.358 e. The van der Waals surface area contributed by atoms with Gasteiger partial charge in [-0.2, -0.15) is 0 Å². The van der Waals surface area contributed by atoms with E-state index >= 15 is 0 Å². The third-order valence-corrected chi connectivity index (χ3v) is 2.99. The Bertz CT molecular complexity index is 683. The zero-order valence-corrected chi connectivity index (χ0v) is 14.3. The minimum absolute atomic E-state index is 0.0159. The third-order valence-electron chi connectivity index (χ3n) is 2.99. The van der Waals surface area contributed by atoms with Crippen LogP contribution in [0.1, 0.15) is 19.4 Å². The van der Waals surface area contributed by atoms with Crippen LogP contribution in [0, 0.1) is 10.1 Å². The van der Waals surface area contributed by atoms with Gasteiger partial charge in [-0.15, -0.1) is 0 Å². The first-order valence-electron chi connectivity index (χ1n) is 7.25. The van der Waals surface area contributed by atoms with Crippen LogP contribution >= 0.6 is 0 Å². The second kappa shape index (κ2) is 9.26. The van der Waals surface area contributed by atoms with Gasteiger partial charge in [0.2, 0.25) is 0 Å². The van der Waals surface area contributed by atoms with Crippen molar-refractivity contribution in [1.29, 1.82) is 0 Å². The molecule has 1 aromatic carbocycles. The molecule has 1 aromatic rings. The van der Waals surface area contributed by atoms with E-state index in [2.05, 4.69) is 0 Å². The van der Waals surface area contributed by atoms with Crippen LogP contribution in [0.25, 0.3) is 6.08 Å². The first-order chi connectivity index (χ1) is 11.8. The van der Waals surface area contributed by atoms with E-state index in [0.717, 1.165) is 13.0 Å². The molecule has 25 heavy (non-hydrogen) atoms. The van der Waals surface area contributed by atoms with E-state index in [1.807, 2.05) is 0 Å². The zero-order valence-electron chi connectivity index (χ0n) is 14.3. The number of nitro groups is 1. The monoisotopic (exact) mass is 353 g/mol. The summed E-state index contributed by atoms with van der Waals surface area (Å²) in [6.07, 6.45) is -0.674. The van der Waals surface area contributed by atoms with Crippen molar-refractivity contribution in [2.45, 2.75) is 20.0 Å². The zero-order chi connectivity index (χ0) is 19.0. The Hall–Kier alpha value is -3.10. The Kier molecular flexibility index (Phi) is 7.39. The van der Waals surface area contributed by atoms with E-state index in [1.165, 1.54) is 33.3 Å². The molecule has 0 aliphatic carbocycles. The lowest BCUT2D eigenvalue weighted by Crippen LogP contribution is -2.33. The standard InChI is InChI=1S/C16H19NO8/c1-5-24-16(19)15(25-10(2)18)12(17(20)21)8-11-6-7-13(22-3)14(9-11)23-4/h6-9,15H,5H2,1-4H3/b12-8-. The molecular formula is C16H19NO8. The van der Waals surface area contributed by atoms with Crippen LogP contribution in [0.2, 0.25) is 0 Å². The van der Waals surface area contributed by atoms with E-state index in [4.69, 9.17) is 18.9 Å². The maximum atomic E-state index is 11.9. The molecule has 0 N–H and O–H groups in total. The summed E-state index contributed by atoms with van der Waals surface area (Å²) >= 11 is 0. The van der Waals surface area contributed by atoms with Gasteiger partial charge in [-0.05, 0) is 24.6 Å². The molecule has 0 spiro atoms. The van der Waals surface area contributed by atoms with Crippen molar-refractivity contribution in [2.75, 3.05) is 20.8 Å². The summed E-state index contributed by atoms with van der Waals surface area (Å²) in [6, 6.07) is 4.56. The number of rotatable bonds is 8. The number of carbonyl (C=O) groups excluding carboxylic acids is 2. The van der Waals surface area contributed by atoms with Crippen LogP contribution < -0.4 is 9.47 Å². The number of hydrogen-bond acceptors (Lipinski definition) is 8. The number of nitrogens with zero attached hydrogens (tertiary/aromatic N) is 1. The summed E-state index contributed by atoms with van der Waals surface area (Å²) in [5.74, 6) is -1.09. The maximum absolute atomic E-state index is 11.9. The second-order valence-corrected chi connectivity index (χ2v) is 4.68. The maximum Gasteiger partial charge on any atom is 0.358 e. The van der Waals surface area contributed by atoms with Gasteiger partial charge >= 0.3 is 11.9 Å². The highest BCUT2D eigenvalue weighted by molar-refractivity contribution is 5.82. The summed E-state index contributed by atoms with van der Waals surface area (Å²) in [5, 5.41) is 11.4. The van der Waals surface area contributed by atoms with Crippen LogP contribution in [-0.4, -0.2) is 43.8 Å². The number of ether oxygens (including phenoxy) is 4. The summed E-state index contributed by atoms with van der Waals surface area (Å²) in [7, 11) is 2.87. The fourth-order valence-corrected chi connectivity index (χ4v) is 1.95. The van der Waals surface area contributed by atoms with Gasteiger partial charge in [0.05, 0.1) is 25.7 Å². The Morgan fingerprint density at radius 2 is 1.88 bits per heavy atom. The van der Waals surface area contributed by atoms with Crippen LogP contribution in [0.15, 0.2) is 23.9 Å². The number of esters is 2. The van der Waals surface area contributed by atoms with Crippen LogP contribution in [0.5, 0.6) is 11.5 Å². The van der Waals surface area contributed by atoms with Gasteiger partial charge in [-0.1, -0.05) is 6.07 Å². The quantitative estimate of drug-likeness (QED) is 0.395. The van der Waals surface area contributed by atoms with Gasteiger partial charge in [0.15, 0.2) is 11.5 Å². The summed E-state index contributed by atoms with van der Waals surface area (Å²) in [5.41, 5.74) is -0.285. The lowest BCUT2D eigenvalue weighted by atomic mass is 10.1.